The van der Waals surface area contributed by atoms with Crippen molar-refractivity contribution in [2.24, 2.45) is 11.8 Å². The molecule has 1 N–H and O–H groups in total. The number of hydrogen-bond donors (Lipinski definition) is 1. The lowest BCUT2D eigenvalue weighted by molar-refractivity contribution is 0.275. The minimum absolute atomic E-state index is 0.159. The fourth-order valence-corrected chi connectivity index (χ4v) is 2.32. The van der Waals surface area contributed by atoms with Crippen LogP contribution in [0.25, 0.3) is 0 Å². The molecule has 1 aromatic carbocycles. The molecule has 0 bridgehead atoms. The highest BCUT2D eigenvalue weighted by atomic mass is 79.9. The fourth-order valence-electron chi connectivity index (χ4n) is 1.99. The van der Waals surface area contributed by atoms with E-state index >= 15 is 0 Å². The normalized spacial score (nSPS) is 22.4. The van der Waals surface area contributed by atoms with E-state index in [0.717, 1.165) is 11.0 Å². The second kappa shape index (κ2) is 5.80. The minimum atomic E-state index is -0.306. The standard InChI is InChI=1S/C15H21BrFNO/c1-15(2,3)18-8-10-6-11(10)9-19-14-5-4-12(16)7-13(14)17/h4-5,7,10-11,18H,6,8-9H2,1-3H3/t10-,11-/m1/s1. The van der Waals surface area contributed by atoms with Crippen LogP contribution in [0, 0.1) is 17.7 Å². The maximum absolute atomic E-state index is 13.6. The third-order valence-electron chi connectivity index (χ3n) is 3.31. The molecule has 2 rings (SSSR count). The van der Waals surface area contributed by atoms with Crippen molar-refractivity contribution in [2.45, 2.75) is 32.7 Å². The van der Waals surface area contributed by atoms with Crippen LogP contribution in [0.3, 0.4) is 0 Å². The van der Waals surface area contributed by atoms with E-state index in [2.05, 4.69) is 42.0 Å². The van der Waals surface area contributed by atoms with Gasteiger partial charge >= 0.3 is 0 Å². The van der Waals surface area contributed by atoms with Gasteiger partial charge < -0.3 is 10.1 Å². The highest BCUT2D eigenvalue weighted by Gasteiger charge is 2.37. The first-order valence-corrected chi connectivity index (χ1v) is 7.47. The van der Waals surface area contributed by atoms with Crippen molar-refractivity contribution in [2.75, 3.05) is 13.2 Å². The molecule has 1 fully saturated rings. The van der Waals surface area contributed by atoms with Crippen molar-refractivity contribution < 1.29 is 9.13 Å². The molecular formula is C15H21BrFNO. The van der Waals surface area contributed by atoms with Crippen molar-refractivity contribution >= 4 is 15.9 Å². The third-order valence-corrected chi connectivity index (χ3v) is 3.80. The molecule has 0 saturated heterocycles. The molecule has 4 heteroatoms. The Bertz CT molecular complexity index is 444. The molecular weight excluding hydrogens is 309 g/mol. The Morgan fingerprint density at radius 3 is 2.74 bits per heavy atom. The van der Waals surface area contributed by atoms with E-state index in [1.165, 1.54) is 12.5 Å². The molecule has 0 heterocycles. The summed E-state index contributed by atoms with van der Waals surface area (Å²) >= 11 is 3.23. The summed E-state index contributed by atoms with van der Waals surface area (Å²) in [5.41, 5.74) is 0.159. The van der Waals surface area contributed by atoms with Crippen LogP contribution < -0.4 is 10.1 Å². The Balaban J connectivity index is 1.73. The maximum Gasteiger partial charge on any atom is 0.166 e. The van der Waals surface area contributed by atoms with Gasteiger partial charge in [0.2, 0.25) is 0 Å². The minimum Gasteiger partial charge on any atom is -0.490 e. The molecule has 2 nitrogen and oxygen atoms in total. The number of halogens is 2. The molecule has 1 saturated carbocycles. The summed E-state index contributed by atoms with van der Waals surface area (Å²) in [6.07, 6.45) is 1.17. The smallest absolute Gasteiger partial charge is 0.166 e. The van der Waals surface area contributed by atoms with Gasteiger partial charge in [0.05, 0.1) is 6.61 Å². The number of ether oxygens (including phenoxy) is 1. The molecule has 0 aromatic heterocycles. The summed E-state index contributed by atoms with van der Waals surface area (Å²) in [7, 11) is 0. The van der Waals surface area contributed by atoms with Gasteiger partial charge in [-0.1, -0.05) is 15.9 Å². The monoisotopic (exact) mass is 329 g/mol. The topological polar surface area (TPSA) is 21.3 Å². The zero-order chi connectivity index (χ0) is 14.0. The van der Waals surface area contributed by atoms with Gasteiger partial charge in [0, 0.05) is 10.0 Å². The van der Waals surface area contributed by atoms with Crippen LogP contribution in [0.1, 0.15) is 27.2 Å². The summed E-state index contributed by atoms with van der Waals surface area (Å²) in [6.45, 7) is 8.11. The average Bonchev–Trinajstić information content (AvgIpc) is 3.03. The predicted molar refractivity (Wildman–Crippen MR) is 78.9 cm³/mol. The lowest BCUT2D eigenvalue weighted by Crippen LogP contribution is -2.37. The Morgan fingerprint density at radius 1 is 1.37 bits per heavy atom. The Hall–Kier alpha value is -0.610. The molecule has 106 valence electrons. The van der Waals surface area contributed by atoms with E-state index in [-0.39, 0.29) is 11.4 Å². The lowest BCUT2D eigenvalue weighted by atomic mass is 10.1. The zero-order valence-electron chi connectivity index (χ0n) is 11.7. The molecule has 2 atom stereocenters. The summed E-state index contributed by atoms with van der Waals surface area (Å²) in [6, 6.07) is 4.90. The fraction of sp³-hybridized carbons (Fsp3) is 0.600. The second-order valence-corrected chi connectivity index (χ2v) is 7.19. The van der Waals surface area contributed by atoms with Crippen LogP contribution in [0.15, 0.2) is 22.7 Å². The maximum atomic E-state index is 13.6. The summed E-state index contributed by atoms with van der Waals surface area (Å²) in [5.74, 6) is 1.26. The van der Waals surface area contributed by atoms with Crippen molar-refractivity contribution in [3.63, 3.8) is 0 Å². The quantitative estimate of drug-likeness (QED) is 0.881. The predicted octanol–water partition coefficient (Wildman–Crippen LogP) is 3.99. The van der Waals surface area contributed by atoms with E-state index in [4.69, 9.17) is 4.74 Å². The molecule has 19 heavy (non-hydrogen) atoms. The van der Waals surface area contributed by atoms with Crippen LogP contribution >= 0.6 is 15.9 Å². The largest absolute Gasteiger partial charge is 0.490 e. The molecule has 1 aliphatic rings. The van der Waals surface area contributed by atoms with Crippen LogP contribution in [-0.4, -0.2) is 18.7 Å². The van der Waals surface area contributed by atoms with Crippen molar-refractivity contribution in [1.82, 2.24) is 5.32 Å². The molecule has 0 radical (unpaired) electrons. The van der Waals surface area contributed by atoms with Gasteiger partial charge in [-0.2, -0.15) is 0 Å². The number of rotatable bonds is 5. The number of benzene rings is 1. The summed E-state index contributed by atoms with van der Waals surface area (Å²) in [5, 5.41) is 3.49. The summed E-state index contributed by atoms with van der Waals surface area (Å²) < 4.78 is 19.8. The van der Waals surface area contributed by atoms with E-state index in [1.807, 2.05) is 0 Å². The van der Waals surface area contributed by atoms with Crippen LogP contribution in [-0.2, 0) is 0 Å². The van der Waals surface area contributed by atoms with Crippen molar-refractivity contribution in [3.05, 3.63) is 28.5 Å². The highest BCUT2D eigenvalue weighted by molar-refractivity contribution is 9.10. The molecule has 1 aliphatic carbocycles. The first-order chi connectivity index (χ1) is 8.85. The van der Waals surface area contributed by atoms with Gasteiger partial charge in [-0.15, -0.1) is 0 Å². The van der Waals surface area contributed by atoms with E-state index in [0.29, 0.717) is 24.2 Å². The highest BCUT2D eigenvalue weighted by Crippen LogP contribution is 2.38. The Kier molecular flexibility index (Phi) is 4.51. The third kappa shape index (κ3) is 4.77. The SMILES string of the molecule is CC(C)(C)NC[C@H]1C[C@@H]1COc1ccc(Br)cc1F. The van der Waals surface area contributed by atoms with E-state index < -0.39 is 0 Å². The first kappa shape index (κ1) is 14.8. The molecule has 0 aliphatic heterocycles. The van der Waals surface area contributed by atoms with Gasteiger partial charge in [-0.3, -0.25) is 0 Å². The Labute approximate surface area is 122 Å². The van der Waals surface area contributed by atoms with Gasteiger partial charge in [0.1, 0.15) is 0 Å². The van der Waals surface area contributed by atoms with Gasteiger partial charge in [-0.05, 0) is 63.8 Å². The molecule has 0 unspecified atom stereocenters. The Morgan fingerprint density at radius 2 is 2.11 bits per heavy atom. The van der Waals surface area contributed by atoms with Crippen LogP contribution in [0.2, 0.25) is 0 Å². The van der Waals surface area contributed by atoms with E-state index in [9.17, 15) is 4.39 Å². The van der Waals surface area contributed by atoms with E-state index in [1.54, 1.807) is 12.1 Å². The second-order valence-electron chi connectivity index (χ2n) is 6.27. The lowest BCUT2D eigenvalue weighted by Gasteiger charge is -2.20. The average molecular weight is 330 g/mol. The summed E-state index contributed by atoms with van der Waals surface area (Å²) in [4.78, 5) is 0. The first-order valence-electron chi connectivity index (χ1n) is 6.68. The van der Waals surface area contributed by atoms with Crippen molar-refractivity contribution in [1.29, 1.82) is 0 Å². The van der Waals surface area contributed by atoms with Gasteiger partial charge in [-0.25, -0.2) is 4.39 Å². The number of nitrogens with one attached hydrogen (secondary N) is 1. The van der Waals surface area contributed by atoms with Gasteiger partial charge in [0.25, 0.3) is 0 Å². The molecule has 0 amide bonds. The molecule has 1 aromatic rings. The van der Waals surface area contributed by atoms with Crippen LogP contribution in [0.5, 0.6) is 5.75 Å². The zero-order valence-corrected chi connectivity index (χ0v) is 13.3. The van der Waals surface area contributed by atoms with Crippen molar-refractivity contribution in [3.8, 4) is 5.75 Å². The molecule has 0 spiro atoms. The van der Waals surface area contributed by atoms with Crippen LogP contribution in [0.4, 0.5) is 4.39 Å². The number of hydrogen-bond acceptors (Lipinski definition) is 2. The van der Waals surface area contributed by atoms with Gasteiger partial charge in [0.15, 0.2) is 11.6 Å².